The highest BCUT2D eigenvalue weighted by molar-refractivity contribution is 7.91. The highest BCUT2D eigenvalue weighted by atomic mass is 32.2. The first-order valence-electron chi connectivity index (χ1n) is 12.3. The molecule has 1 N–H and O–H groups in total. The third-order valence-corrected chi connectivity index (χ3v) is 8.78. The predicted octanol–water partition coefficient (Wildman–Crippen LogP) is 0.264. The number of hydrogen-bond acceptors (Lipinski definition) is 8. The number of nitro groups is 1. The summed E-state index contributed by atoms with van der Waals surface area (Å²) in [7, 11) is -3.04. The van der Waals surface area contributed by atoms with Crippen LogP contribution in [0.25, 0.3) is 28.9 Å². The Morgan fingerprint density at radius 2 is 1.89 bits per heavy atom. The summed E-state index contributed by atoms with van der Waals surface area (Å²) in [6.45, 7) is 3.25. The number of hydrogen-bond donors (Lipinski definition) is 1. The molecule has 2 aliphatic rings. The molecule has 1 aliphatic carbocycles. The Morgan fingerprint density at radius 3 is 2.53 bits per heavy atom. The van der Waals surface area contributed by atoms with E-state index in [1.807, 2.05) is 21.6 Å². The van der Waals surface area contributed by atoms with Gasteiger partial charge in [0.25, 0.3) is 11.2 Å². The monoisotopic (exact) mass is 537 g/mol. The van der Waals surface area contributed by atoms with Crippen LogP contribution in [0.3, 0.4) is 0 Å². The Balaban J connectivity index is 1.65. The molecule has 3 heterocycles. The second-order valence-electron chi connectivity index (χ2n) is 9.92. The Bertz CT molecular complexity index is 1750. The van der Waals surface area contributed by atoms with Gasteiger partial charge in [0.15, 0.2) is 9.84 Å². The molecule has 2 aromatic heterocycles. The van der Waals surface area contributed by atoms with Gasteiger partial charge in [-0.25, -0.2) is 8.42 Å². The maximum Gasteiger partial charge on any atom is 0.273 e. The van der Waals surface area contributed by atoms with Crippen molar-refractivity contribution < 1.29 is 18.4 Å². The number of aliphatic hydroxyl groups is 1. The van der Waals surface area contributed by atoms with E-state index in [9.17, 15) is 33.7 Å². The Labute approximate surface area is 218 Å². The van der Waals surface area contributed by atoms with Gasteiger partial charge in [-0.2, -0.15) is 5.26 Å². The number of nitriles is 1. The molecule has 0 bridgehead atoms. The van der Waals surface area contributed by atoms with E-state index in [0.29, 0.717) is 29.8 Å². The number of β-amino-alcohol motifs (C(OH)–C–C–N with tert-alkyl or cyclic N) is 1. The summed E-state index contributed by atoms with van der Waals surface area (Å²) in [4.78, 5) is 26.0. The fourth-order valence-corrected chi connectivity index (χ4v) is 6.51. The number of nitro benzene ring substituents is 1. The molecule has 0 amide bonds. The summed E-state index contributed by atoms with van der Waals surface area (Å²) >= 11 is 0. The normalized spacial score (nSPS) is 19.7. The zero-order chi connectivity index (χ0) is 27.2. The third kappa shape index (κ3) is 4.76. The van der Waals surface area contributed by atoms with Gasteiger partial charge >= 0.3 is 0 Å². The summed E-state index contributed by atoms with van der Waals surface area (Å²) < 4.78 is 26.9. The van der Waals surface area contributed by atoms with Crippen LogP contribution in [0.2, 0.25) is 0 Å². The first-order chi connectivity index (χ1) is 18.1. The lowest BCUT2D eigenvalue weighted by Crippen LogP contribution is -2.45. The van der Waals surface area contributed by atoms with Crippen LogP contribution in [0.1, 0.15) is 18.9 Å². The van der Waals surface area contributed by atoms with Crippen molar-refractivity contribution >= 4 is 38.7 Å². The molecule has 1 saturated heterocycles. The van der Waals surface area contributed by atoms with E-state index in [4.69, 9.17) is 0 Å². The summed E-state index contributed by atoms with van der Waals surface area (Å²) in [5.41, 5.74) is 0.816. The lowest BCUT2D eigenvalue weighted by Gasteiger charge is -2.28. The number of pyridine rings is 1. The van der Waals surface area contributed by atoms with Crippen LogP contribution in [0.4, 0.5) is 5.69 Å². The van der Waals surface area contributed by atoms with Crippen LogP contribution < -0.4 is 16.1 Å². The molecular weight excluding hydrogens is 510 g/mol. The summed E-state index contributed by atoms with van der Waals surface area (Å²) in [6, 6.07) is 9.10. The Morgan fingerprint density at radius 1 is 1.21 bits per heavy atom. The van der Waals surface area contributed by atoms with Gasteiger partial charge in [-0.1, -0.05) is 19.1 Å². The van der Waals surface area contributed by atoms with E-state index >= 15 is 0 Å². The van der Waals surface area contributed by atoms with Crippen LogP contribution >= 0.6 is 0 Å². The molecule has 0 radical (unpaired) electrons. The number of non-ortho nitro benzene ring substituents is 1. The second-order valence-corrected chi connectivity index (χ2v) is 12.2. The first-order valence-corrected chi connectivity index (χ1v) is 14.2. The highest BCUT2D eigenvalue weighted by Crippen LogP contribution is 2.20. The molecule has 0 spiro atoms. The van der Waals surface area contributed by atoms with E-state index < -0.39 is 26.4 Å². The molecule has 198 valence electrons. The van der Waals surface area contributed by atoms with E-state index in [2.05, 4.69) is 13.0 Å². The standard InChI is InChI=1S/C26H27N5O6S/c1-17-2-7-22-23(12-17)29(16-21(32)15-28-8-10-38(36,37)11-9-28)24-13-18(14-27)26(33)30(25(22)24)19-3-5-20(6-4-19)31(34)35/h3-7,12-13,17,21,32H,2,8-11,15-16H2,1H3. The number of nitrogens with zero attached hydrogens (tertiary/aromatic N) is 5. The molecular formula is C26H27N5O6S. The van der Waals surface area contributed by atoms with Crippen molar-refractivity contribution in [1.82, 2.24) is 14.0 Å². The van der Waals surface area contributed by atoms with Crippen LogP contribution in [0.15, 0.2) is 35.1 Å². The van der Waals surface area contributed by atoms with Crippen LogP contribution in [0.5, 0.6) is 0 Å². The number of aliphatic hydroxyl groups excluding tert-OH is 1. The van der Waals surface area contributed by atoms with Crippen molar-refractivity contribution in [2.75, 3.05) is 31.1 Å². The maximum absolute atomic E-state index is 13.4. The predicted molar refractivity (Wildman–Crippen MR) is 142 cm³/mol. The fourth-order valence-electron chi connectivity index (χ4n) is 5.23. The molecule has 1 aromatic carbocycles. The van der Waals surface area contributed by atoms with Gasteiger partial charge in [-0.15, -0.1) is 0 Å². The Hall–Kier alpha value is -3.79. The summed E-state index contributed by atoms with van der Waals surface area (Å²) in [6.07, 6.45) is 4.03. The van der Waals surface area contributed by atoms with Gasteiger partial charge in [0.1, 0.15) is 11.6 Å². The fraction of sp³-hybridized carbons (Fsp3) is 0.385. The number of sulfone groups is 1. The van der Waals surface area contributed by atoms with Gasteiger partial charge in [0.2, 0.25) is 0 Å². The van der Waals surface area contributed by atoms with Crippen LogP contribution in [0, 0.1) is 27.4 Å². The molecule has 38 heavy (non-hydrogen) atoms. The van der Waals surface area contributed by atoms with E-state index in [1.54, 1.807) is 0 Å². The van der Waals surface area contributed by atoms with Crippen molar-refractivity contribution in [3.05, 3.63) is 66.9 Å². The van der Waals surface area contributed by atoms with Gasteiger partial charge in [0.05, 0.1) is 40.1 Å². The van der Waals surface area contributed by atoms with Crippen molar-refractivity contribution in [2.45, 2.75) is 26.0 Å². The van der Waals surface area contributed by atoms with Crippen LogP contribution in [-0.2, 0) is 16.4 Å². The van der Waals surface area contributed by atoms with Crippen LogP contribution in [-0.4, -0.2) is 69.7 Å². The topological polar surface area (TPSA) is 151 Å². The number of rotatable bonds is 6. The Kier molecular flexibility index (Phi) is 6.68. The third-order valence-electron chi connectivity index (χ3n) is 7.17. The minimum absolute atomic E-state index is 0.0644. The molecule has 2 unspecified atom stereocenters. The van der Waals surface area contributed by atoms with E-state index in [0.717, 1.165) is 17.0 Å². The van der Waals surface area contributed by atoms with Crippen molar-refractivity contribution in [3.8, 4) is 11.8 Å². The van der Waals surface area contributed by atoms with Gasteiger partial charge < -0.3 is 9.67 Å². The lowest BCUT2D eigenvalue weighted by atomic mass is 10.0. The summed E-state index contributed by atoms with van der Waals surface area (Å²) in [5.74, 6) is 0.342. The molecule has 5 rings (SSSR count). The molecule has 2 atom stereocenters. The minimum Gasteiger partial charge on any atom is -0.390 e. The van der Waals surface area contributed by atoms with Crippen molar-refractivity contribution in [3.63, 3.8) is 0 Å². The SMILES string of the molecule is CC1C=c2c(c3c(cc(C#N)c(=O)n3-c3ccc([N+](=O)[O-])cc3)n2CC(O)CN2CCS(=O)(=O)CC2)=CC1. The average molecular weight is 538 g/mol. The maximum atomic E-state index is 13.4. The van der Waals surface area contributed by atoms with E-state index in [1.165, 1.54) is 34.9 Å². The molecule has 12 heteroatoms. The van der Waals surface area contributed by atoms with Gasteiger partial charge in [-0.3, -0.25) is 24.4 Å². The first kappa shape index (κ1) is 25.8. The zero-order valence-electron chi connectivity index (χ0n) is 20.8. The molecule has 11 nitrogen and oxygen atoms in total. The van der Waals surface area contributed by atoms with E-state index in [-0.39, 0.29) is 41.8 Å². The number of benzene rings is 1. The van der Waals surface area contributed by atoms with Gasteiger partial charge in [-0.05, 0) is 30.5 Å². The zero-order valence-corrected chi connectivity index (χ0v) is 21.6. The number of fused-ring (bicyclic) bond motifs is 3. The highest BCUT2D eigenvalue weighted by Gasteiger charge is 2.25. The largest absolute Gasteiger partial charge is 0.390 e. The smallest absolute Gasteiger partial charge is 0.273 e. The van der Waals surface area contributed by atoms with Crippen molar-refractivity contribution in [1.29, 1.82) is 5.26 Å². The lowest BCUT2D eigenvalue weighted by molar-refractivity contribution is -0.384. The van der Waals surface area contributed by atoms with Gasteiger partial charge in [0, 0.05) is 48.0 Å². The number of aromatic nitrogens is 2. The molecule has 3 aromatic rings. The molecule has 0 saturated carbocycles. The minimum atomic E-state index is -3.04. The molecule has 1 fully saturated rings. The summed E-state index contributed by atoms with van der Waals surface area (Å²) in [5, 5.41) is 33.6. The average Bonchev–Trinajstić information content (AvgIpc) is 3.16. The van der Waals surface area contributed by atoms with Crippen molar-refractivity contribution in [2.24, 2.45) is 5.92 Å². The molecule has 1 aliphatic heterocycles. The second kappa shape index (κ2) is 9.83. The quantitative estimate of drug-likeness (QED) is 0.347.